The number of hydrogen-bond donors (Lipinski definition) is 1. The van der Waals surface area contributed by atoms with Crippen molar-refractivity contribution in [2.45, 2.75) is 56.3 Å². The predicted octanol–water partition coefficient (Wildman–Crippen LogP) is 4.92. The van der Waals surface area contributed by atoms with E-state index in [-0.39, 0.29) is 29.4 Å². The van der Waals surface area contributed by atoms with Gasteiger partial charge < -0.3 is 10.1 Å². The summed E-state index contributed by atoms with van der Waals surface area (Å²) >= 11 is 0. The van der Waals surface area contributed by atoms with Crippen LogP contribution >= 0.6 is 0 Å². The van der Waals surface area contributed by atoms with Crippen molar-refractivity contribution in [2.24, 2.45) is 11.8 Å². The molecule has 2 bridgehead atoms. The molecular weight excluding hydrogens is 469 g/mol. The Morgan fingerprint density at radius 1 is 1.06 bits per heavy atom. The minimum atomic E-state index is -4.55. The second kappa shape index (κ2) is 9.22. The highest BCUT2D eigenvalue weighted by Gasteiger charge is 2.48. The van der Waals surface area contributed by atoms with Crippen molar-refractivity contribution in [2.75, 3.05) is 11.9 Å². The van der Waals surface area contributed by atoms with Crippen molar-refractivity contribution in [3.8, 4) is 5.75 Å². The smallest absolute Gasteiger partial charge is 0.416 e. The number of carbonyl (C=O) groups excluding carboxylic acids is 1. The summed E-state index contributed by atoms with van der Waals surface area (Å²) in [6, 6.07) is 9.93. The average molecular weight is 497 g/mol. The van der Waals surface area contributed by atoms with Crippen molar-refractivity contribution in [3.63, 3.8) is 0 Å². The average Bonchev–Trinajstić information content (AvgIpc) is 2.79. The second-order valence-corrected chi connectivity index (χ2v) is 11.0. The van der Waals surface area contributed by atoms with E-state index in [1.807, 2.05) is 13.8 Å². The zero-order chi connectivity index (χ0) is 24.7. The van der Waals surface area contributed by atoms with Gasteiger partial charge in [-0.2, -0.15) is 17.5 Å². The van der Waals surface area contributed by atoms with Gasteiger partial charge >= 0.3 is 6.18 Å². The molecule has 184 valence electrons. The van der Waals surface area contributed by atoms with Gasteiger partial charge in [0.15, 0.2) is 0 Å². The lowest BCUT2D eigenvalue weighted by atomic mass is 9.73. The number of ether oxygens (including phenoxy) is 1. The second-order valence-electron chi connectivity index (χ2n) is 9.13. The fourth-order valence-corrected chi connectivity index (χ4v) is 6.54. The number of nitrogens with zero attached hydrogens (tertiary/aromatic N) is 1. The first-order chi connectivity index (χ1) is 15.9. The van der Waals surface area contributed by atoms with Crippen LogP contribution < -0.4 is 10.1 Å². The van der Waals surface area contributed by atoms with Crippen LogP contribution in [0.2, 0.25) is 0 Å². The normalized spacial score (nSPS) is 23.2. The van der Waals surface area contributed by atoms with E-state index in [1.54, 1.807) is 24.3 Å². The van der Waals surface area contributed by atoms with Crippen molar-refractivity contribution in [1.29, 1.82) is 0 Å². The number of amides is 1. The molecular formula is C24H27F3N2O4S. The topological polar surface area (TPSA) is 75.7 Å². The van der Waals surface area contributed by atoms with E-state index in [4.69, 9.17) is 4.74 Å². The Morgan fingerprint density at radius 2 is 1.71 bits per heavy atom. The summed E-state index contributed by atoms with van der Waals surface area (Å²) in [5.74, 6) is -0.104. The van der Waals surface area contributed by atoms with Gasteiger partial charge in [0.05, 0.1) is 22.5 Å². The molecule has 3 fully saturated rings. The number of hydrogen-bond acceptors (Lipinski definition) is 4. The molecule has 2 aromatic carbocycles. The van der Waals surface area contributed by atoms with Gasteiger partial charge in [-0.3, -0.25) is 4.79 Å². The Hall–Kier alpha value is -2.59. The number of carbonyl (C=O) groups is 1. The lowest BCUT2D eigenvalue weighted by Gasteiger charge is -2.48. The Bertz CT molecular complexity index is 1130. The van der Waals surface area contributed by atoms with Crippen LogP contribution in [-0.2, 0) is 21.0 Å². The molecule has 1 amide bonds. The summed E-state index contributed by atoms with van der Waals surface area (Å²) in [6.45, 7) is 4.09. The van der Waals surface area contributed by atoms with Crippen LogP contribution in [0.3, 0.4) is 0 Å². The molecule has 3 aliphatic rings. The number of piperidine rings is 2. The van der Waals surface area contributed by atoms with Gasteiger partial charge in [-0.1, -0.05) is 0 Å². The Labute approximate surface area is 197 Å². The van der Waals surface area contributed by atoms with Gasteiger partial charge in [-0.05, 0) is 87.6 Å². The highest BCUT2D eigenvalue weighted by atomic mass is 32.2. The van der Waals surface area contributed by atoms with E-state index in [0.717, 1.165) is 30.7 Å². The van der Waals surface area contributed by atoms with Gasteiger partial charge in [0, 0.05) is 18.3 Å². The molecule has 2 heterocycles. The first kappa shape index (κ1) is 24.5. The number of anilines is 1. The number of fused-ring (bicyclic) bond motifs is 3. The Kier molecular flexibility index (Phi) is 6.65. The number of benzene rings is 2. The molecule has 1 N–H and O–H groups in total. The maximum atomic E-state index is 13.3. The van der Waals surface area contributed by atoms with E-state index in [0.29, 0.717) is 24.3 Å². The summed E-state index contributed by atoms with van der Waals surface area (Å²) in [7, 11) is -4.04. The molecule has 2 aliphatic heterocycles. The van der Waals surface area contributed by atoms with Gasteiger partial charge in [-0.25, -0.2) is 8.42 Å². The van der Waals surface area contributed by atoms with E-state index in [9.17, 15) is 26.4 Å². The molecule has 5 rings (SSSR count). The van der Waals surface area contributed by atoms with E-state index >= 15 is 0 Å². The standard InChI is InChI=1S/C24H27F3N2O4S/c1-15(2)33-19-8-6-18(7-9-19)28-23(30)21-13-16-3-12-22(21)29(14-16)34(31,32)20-10-4-17(5-11-20)24(25,26)27/h4-11,15-16,21-22H,3,12-14H2,1-2H3,(H,28,30)/t16-,21+,22+/m0/s1. The van der Waals surface area contributed by atoms with Crippen LogP contribution in [0.15, 0.2) is 53.4 Å². The van der Waals surface area contributed by atoms with Crippen molar-refractivity contribution < 1.29 is 31.1 Å². The number of alkyl halides is 3. The summed E-state index contributed by atoms with van der Waals surface area (Å²) in [6.07, 6.45) is -2.60. The van der Waals surface area contributed by atoms with Gasteiger partial charge in [0.1, 0.15) is 5.75 Å². The Balaban J connectivity index is 1.50. The molecule has 6 nitrogen and oxygen atoms in total. The van der Waals surface area contributed by atoms with E-state index in [1.165, 1.54) is 4.31 Å². The van der Waals surface area contributed by atoms with E-state index in [2.05, 4.69) is 5.32 Å². The monoisotopic (exact) mass is 496 g/mol. The highest BCUT2D eigenvalue weighted by molar-refractivity contribution is 7.89. The first-order valence-corrected chi connectivity index (χ1v) is 12.7. The SMILES string of the molecule is CC(C)Oc1ccc(NC(=O)[C@@H]2C[C@@H]3CC[C@H]2N(S(=O)(=O)c2ccc(C(F)(F)F)cc2)C3)cc1. The molecule has 0 spiro atoms. The molecule has 1 saturated carbocycles. The molecule has 2 aromatic rings. The quantitative estimate of drug-likeness (QED) is 0.616. The van der Waals surface area contributed by atoms with Crippen LogP contribution in [0.5, 0.6) is 5.75 Å². The maximum absolute atomic E-state index is 13.3. The summed E-state index contributed by atoms with van der Waals surface area (Å²) < 4.78 is 72.1. The number of halogens is 3. The number of rotatable bonds is 6. The zero-order valence-electron chi connectivity index (χ0n) is 18.9. The summed E-state index contributed by atoms with van der Waals surface area (Å²) in [5.41, 5.74) is -0.326. The molecule has 1 aliphatic carbocycles. The number of nitrogens with one attached hydrogen (secondary N) is 1. The largest absolute Gasteiger partial charge is 0.491 e. The van der Waals surface area contributed by atoms with Crippen LogP contribution in [0, 0.1) is 11.8 Å². The van der Waals surface area contributed by atoms with Crippen molar-refractivity contribution in [3.05, 3.63) is 54.1 Å². The fraction of sp³-hybridized carbons (Fsp3) is 0.458. The first-order valence-electron chi connectivity index (χ1n) is 11.2. The summed E-state index contributed by atoms with van der Waals surface area (Å²) in [5, 5.41) is 2.87. The van der Waals surface area contributed by atoms with Crippen molar-refractivity contribution in [1.82, 2.24) is 4.31 Å². The minimum absolute atomic E-state index is 0.0202. The summed E-state index contributed by atoms with van der Waals surface area (Å²) in [4.78, 5) is 12.9. The van der Waals surface area contributed by atoms with Crippen molar-refractivity contribution >= 4 is 21.6 Å². The minimum Gasteiger partial charge on any atom is -0.491 e. The van der Waals surface area contributed by atoms with Gasteiger partial charge in [0.2, 0.25) is 15.9 Å². The zero-order valence-corrected chi connectivity index (χ0v) is 19.7. The van der Waals surface area contributed by atoms with Crippen LogP contribution in [-0.4, -0.2) is 37.3 Å². The van der Waals surface area contributed by atoms with Gasteiger partial charge in [0.25, 0.3) is 0 Å². The number of sulfonamides is 1. The molecule has 3 atom stereocenters. The molecule has 34 heavy (non-hydrogen) atoms. The van der Waals surface area contributed by atoms with Crippen LogP contribution in [0.1, 0.15) is 38.7 Å². The van der Waals surface area contributed by atoms with E-state index < -0.39 is 33.7 Å². The molecule has 0 unspecified atom stereocenters. The van der Waals surface area contributed by atoms with Crippen LogP contribution in [0.4, 0.5) is 18.9 Å². The predicted molar refractivity (Wildman–Crippen MR) is 121 cm³/mol. The molecule has 0 radical (unpaired) electrons. The Morgan fingerprint density at radius 3 is 2.26 bits per heavy atom. The lowest BCUT2D eigenvalue weighted by molar-refractivity contribution is -0.137. The molecule has 2 saturated heterocycles. The van der Waals surface area contributed by atoms with Crippen LogP contribution in [0.25, 0.3) is 0 Å². The third-order valence-corrected chi connectivity index (χ3v) is 8.25. The highest BCUT2D eigenvalue weighted by Crippen LogP contribution is 2.42. The third kappa shape index (κ3) is 5.07. The lowest BCUT2D eigenvalue weighted by Crippen LogP contribution is -2.57. The molecule has 0 aromatic heterocycles. The fourth-order valence-electron chi connectivity index (χ4n) is 4.78. The third-order valence-electron chi connectivity index (χ3n) is 6.35. The van der Waals surface area contributed by atoms with Gasteiger partial charge in [-0.15, -0.1) is 0 Å². The maximum Gasteiger partial charge on any atom is 0.416 e. The molecule has 10 heteroatoms.